The maximum absolute atomic E-state index is 13.2. The number of nitrogens with one attached hydrogen (secondary N) is 1. The normalized spacial score (nSPS) is 16.8. The van der Waals surface area contributed by atoms with E-state index in [1.807, 2.05) is 25.1 Å². The molecule has 0 saturated heterocycles. The van der Waals surface area contributed by atoms with E-state index in [0.717, 1.165) is 24.1 Å². The van der Waals surface area contributed by atoms with E-state index < -0.39 is 0 Å². The molecule has 0 saturated carbocycles. The zero-order chi connectivity index (χ0) is 13.9. The van der Waals surface area contributed by atoms with Crippen LogP contribution in [0.1, 0.15) is 30.5 Å². The number of fused-ring (bicyclic) bond motifs is 1. The van der Waals surface area contributed by atoms with Crippen molar-refractivity contribution in [3.05, 3.63) is 53.5 Å². The Morgan fingerprint density at radius 2 is 2.25 bits per heavy atom. The number of nitrogens with zero attached hydrogens (tertiary/aromatic N) is 1. The minimum Gasteiger partial charge on any atom is -0.478 e. The Morgan fingerprint density at radius 3 is 3.00 bits per heavy atom. The Bertz CT molecular complexity index is 598. The molecule has 1 N–H and O–H groups in total. The third-order valence-corrected chi connectivity index (χ3v) is 3.55. The van der Waals surface area contributed by atoms with Crippen molar-refractivity contribution in [3.8, 4) is 5.88 Å². The molecule has 0 fully saturated rings. The quantitative estimate of drug-likeness (QED) is 0.921. The van der Waals surface area contributed by atoms with E-state index in [0.29, 0.717) is 12.5 Å². The molecule has 3 nitrogen and oxygen atoms in total. The highest BCUT2D eigenvalue weighted by Gasteiger charge is 2.22. The zero-order valence-electron chi connectivity index (χ0n) is 11.4. The van der Waals surface area contributed by atoms with Crippen LogP contribution in [0.2, 0.25) is 0 Å². The summed E-state index contributed by atoms with van der Waals surface area (Å²) in [6.45, 7) is 2.55. The fourth-order valence-electron chi connectivity index (χ4n) is 2.64. The van der Waals surface area contributed by atoms with Crippen molar-refractivity contribution >= 4 is 5.69 Å². The molecule has 0 spiro atoms. The summed E-state index contributed by atoms with van der Waals surface area (Å²) in [5, 5.41) is 3.45. The fourth-order valence-corrected chi connectivity index (χ4v) is 2.64. The van der Waals surface area contributed by atoms with Crippen LogP contribution in [0.3, 0.4) is 0 Å². The molecule has 1 aliphatic carbocycles. The van der Waals surface area contributed by atoms with E-state index in [1.54, 1.807) is 12.3 Å². The largest absolute Gasteiger partial charge is 0.478 e. The van der Waals surface area contributed by atoms with E-state index in [2.05, 4.69) is 10.3 Å². The van der Waals surface area contributed by atoms with Gasteiger partial charge in [-0.3, -0.25) is 0 Å². The smallest absolute Gasteiger partial charge is 0.213 e. The van der Waals surface area contributed by atoms with Crippen LogP contribution < -0.4 is 10.1 Å². The molecule has 0 aliphatic heterocycles. The van der Waals surface area contributed by atoms with Gasteiger partial charge in [0, 0.05) is 6.07 Å². The average Bonchev–Trinajstić information content (AvgIpc) is 2.83. The lowest BCUT2D eigenvalue weighted by Crippen LogP contribution is -2.07. The summed E-state index contributed by atoms with van der Waals surface area (Å²) in [4.78, 5) is 4.24. The molecular formula is C16H17FN2O. The first-order chi connectivity index (χ1) is 9.76. The van der Waals surface area contributed by atoms with Gasteiger partial charge in [-0.1, -0.05) is 6.07 Å². The van der Waals surface area contributed by atoms with Crippen molar-refractivity contribution in [2.75, 3.05) is 11.9 Å². The summed E-state index contributed by atoms with van der Waals surface area (Å²) < 4.78 is 18.5. The van der Waals surface area contributed by atoms with Crippen molar-refractivity contribution in [3.63, 3.8) is 0 Å². The second-order valence-electron chi connectivity index (χ2n) is 4.90. The lowest BCUT2D eigenvalue weighted by atomic mass is 10.1. The summed E-state index contributed by atoms with van der Waals surface area (Å²) in [6, 6.07) is 9.07. The van der Waals surface area contributed by atoms with E-state index in [4.69, 9.17) is 4.74 Å². The molecule has 2 aromatic rings. The Kier molecular flexibility index (Phi) is 3.54. The van der Waals surface area contributed by atoms with Crippen molar-refractivity contribution in [2.24, 2.45) is 0 Å². The molecule has 0 radical (unpaired) electrons. The number of hydrogen-bond acceptors (Lipinski definition) is 3. The third kappa shape index (κ3) is 2.59. The lowest BCUT2D eigenvalue weighted by molar-refractivity contribution is 0.327. The van der Waals surface area contributed by atoms with Crippen LogP contribution in [0.5, 0.6) is 5.88 Å². The van der Waals surface area contributed by atoms with Crippen molar-refractivity contribution in [1.82, 2.24) is 4.98 Å². The van der Waals surface area contributed by atoms with E-state index in [-0.39, 0.29) is 11.9 Å². The lowest BCUT2D eigenvalue weighted by Gasteiger charge is -2.15. The van der Waals surface area contributed by atoms with Crippen LogP contribution in [0.25, 0.3) is 0 Å². The zero-order valence-corrected chi connectivity index (χ0v) is 11.4. The van der Waals surface area contributed by atoms with Crippen LogP contribution in [-0.2, 0) is 6.42 Å². The molecule has 1 atom stereocenters. The molecule has 104 valence electrons. The molecule has 4 heteroatoms. The highest BCUT2D eigenvalue weighted by molar-refractivity contribution is 5.47. The molecule has 1 aromatic heterocycles. The number of hydrogen-bond donors (Lipinski definition) is 1. The number of halogens is 1. The molecule has 0 bridgehead atoms. The first-order valence-corrected chi connectivity index (χ1v) is 6.90. The highest BCUT2D eigenvalue weighted by Crippen LogP contribution is 2.34. The van der Waals surface area contributed by atoms with Crippen LogP contribution in [0, 0.1) is 5.82 Å². The maximum atomic E-state index is 13.2. The van der Waals surface area contributed by atoms with Gasteiger partial charge in [0.2, 0.25) is 5.88 Å². The number of ether oxygens (including phenoxy) is 1. The highest BCUT2D eigenvalue weighted by atomic mass is 19.1. The second-order valence-corrected chi connectivity index (χ2v) is 4.90. The van der Waals surface area contributed by atoms with Gasteiger partial charge in [-0.15, -0.1) is 0 Å². The number of aryl methyl sites for hydroxylation is 1. The van der Waals surface area contributed by atoms with Crippen LogP contribution in [0.4, 0.5) is 10.1 Å². The predicted octanol–water partition coefficient (Wildman–Crippen LogP) is 3.72. The molecule has 1 aromatic carbocycles. The van der Waals surface area contributed by atoms with Gasteiger partial charge in [0.1, 0.15) is 5.82 Å². The number of anilines is 1. The minimum absolute atomic E-state index is 0.160. The van der Waals surface area contributed by atoms with Crippen molar-refractivity contribution in [2.45, 2.75) is 25.8 Å². The summed E-state index contributed by atoms with van der Waals surface area (Å²) in [5.74, 6) is 0.471. The van der Waals surface area contributed by atoms with Gasteiger partial charge in [0.25, 0.3) is 0 Å². The molecule has 0 amide bonds. The van der Waals surface area contributed by atoms with E-state index >= 15 is 0 Å². The number of benzene rings is 1. The molecule has 3 rings (SSSR count). The standard InChI is InChI=1S/C16H17FN2O/c1-2-20-16-8-5-13(10-18-16)19-15-7-3-11-9-12(17)4-6-14(11)15/h4-6,8-10,15,19H,2-3,7H2,1H3. The van der Waals surface area contributed by atoms with Gasteiger partial charge in [-0.2, -0.15) is 0 Å². The molecular weight excluding hydrogens is 255 g/mol. The molecule has 1 unspecified atom stereocenters. The van der Waals surface area contributed by atoms with Gasteiger partial charge in [-0.05, 0) is 49.1 Å². The number of pyridine rings is 1. The van der Waals surface area contributed by atoms with Crippen molar-refractivity contribution < 1.29 is 9.13 Å². The van der Waals surface area contributed by atoms with Crippen LogP contribution in [0.15, 0.2) is 36.5 Å². The van der Waals surface area contributed by atoms with Crippen LogP contribution >= 0.6 is 0 Å². The van der Waals surface area contributed by atoms with E-state index in [9.17, 15) is 4.39 Å². The minimum atomic E-state index is -0.160. The van der Waals surface area contributed by atoms with Gasteiger partial charge >= 0.3 is 0 Å². The summed E-state index contributed by atoms with van der Waals surface area (Å²) >= 11 is 0. The first-order valence-electron chi connectivity index (χ1n) is 6.90. The van der Waals surface area contributed by atoms with Gasteiger partial charge in [0.15, 0.2) is 0 Å². The Hall–Kier alpha value is -2.10. The number of aromatic nitrogens is 1. The van der Waals surface area contributed by atoms with Gasteiger partial charge < -0.3 is 10.1 Å². The fraction of sp³-hybridized carbons (Fsp3) is 0.312. The summed E-state index contributed by atoms with van der Waals surface area (Å²) in [6.07, 6.45) is 3.66. The van der Waals surface area contributed by atoms with Crippen molar-refractivity contribution in [1.29, 1.82) is 0 Å². The summed E-state index contributed by atoms with van der Waals surface area (Å²) in [5.41, 5.74) is 3.23. The summed E-state index contributed by atoms with van der Waals surface area (Å²) in [7, 11) is 0. The van der Waals surface area contributed by atoms with Gasteiger partial charge in [-0.25, -0.2) is 9.37 Å². The average molecular weight is 272 g/mol. The third-order valence-electron chi connectivity index (χ3n) is 3.55. The molecule has 20 heavy (non-hydrogen) atoms. The molecule has 1 aliphatic rings. The topological polar surface area (TPSA) is 34.1 Å². The second kappa shape index (κ2) is 5.49. The predicted molar refractivity (Wildman–Crippen MR) is 76.5 cm³/mol. The maximum Gasteiger partial charge on any atom is 0.213 e. The number of rotatable bonds is 4. The Morgan fingerprint density at radius 1 is 1.35 bits per heavy atom. The van der Waals surface area contributed by atoms with Crippen LogP contribution in [-0.4, -0.2) is 11.6 Å². The monoisotopic (exact) mass is 272 g/mol. The molecule has 1 heterocycles. The van der Waals surface area contributed by atoms with Gasteiger partial charge in [0.05, 0.1) is 24.5 Å². The Balaban J connectivity index is 1.73. The Labute approximate surface area is 117 Å². The van der Waals surface area contributed by atoms with E-state index in [1.165, 1.54) is 11.6 Å². The SMILES string of the molecule is CCOc1ccc(NC2CCc3cc(F)ccc32)cn1. The first kappa shape index (κ1) is 12.9.